The maximum absolute atomic E-state index is 12.1. The average molecular weight is 261 g/mol. The molecule has 0 rings (SSSR count). The third-order valence-corrected chi connectivity index (χ3v) is 2.63. The number of amides is 1. The second-order valence-electron chi connectivity index (χ2n) is 4.78. The number of nitrogens with zero attached hydrogens (tertiary/aromatic N) is 1. The Kier molecular flexibility index (Phi) is 9.92. The summed E-state index contributed by atoms with van der Waals surface area (Å²) in [4.78, 5) is 13.9. The molecule has 5 nitrogen and oxygen atoms in total. The Morgan fingerprint density at radius 1 is 1.28 bits per heavy atom. The van der Waals surface area contributed by atoms with Gasteiger partial charge in [-0.15, -0.1) is 0 Å². The van der Waals surface area contributed by atoms with E-state index in [0.717, 1.165) is 0 Å². The summed E-state index contributed by atoms with van der Waals surface area (Å²) in [6, 6.07) is 0.157. The van der Waals surface area contributed by atoms with Gasteiger partial charge in [-0.1, -0.05) is 6.92 Å². The normalized spacial score (nSPS) is 12.8. The molecule has 5 heteroatoms. The molecule has 108 valence electrons. The molecule has 0 aliphatic heterocycles. The van der Waals surface area contributed by atoms with E-state index in [4.69, 9.17) is 14.6 Å². The first-order valence-corrected chi connectivity index (χ1v) is 6.49. The van der Waals surface area contributed by atoms with Crippen molar-refractivity contribution >= 4 is 5.91 Å². The van der Waals surface area contributed by atoms with Crippen molar-refractivity contribution in [1.82, 2.24) is 4.90 Å². The number of rotatable bonds is 10. The largest absolute Gasteiger partial charge is 0.394 e. The first kappa shape index (κ1) is 17.4. The van der Waals surface area contributed by atoms with Gasteiger partial charge >= 0.3 is 0 Å². The number of carbonyl (C=O) groups is 1. The number of carbonyl (C=O) groups excluding carboxylic acids is 1. The summed E-state index contributed by atoms with van der Waals surface area (Å²) < 4.78 is 10.2. The molecule has 0 aromatic heterocycles. The van der Waals surface area contributed by atoms with Crippen LogP contribution in [0.4, 0.5) is 0 Å². The summed E-state index contributed by atoms with van der Waals surface area (Å²) in [6.45, 7) is 7.94. The van der Waals surface area contributed by atoms with Crippen LogP contribution in [0, 0.1) is 5.92 Å². The van der Waals surface area contributed by atoms with E-state index in [1.807, 2.05) is 25.7 Å². The number of hydrogen-bond acceptors (Lipinski definition) is 4. The molecule has 0 heterocycles. The monoisotopic (exact) mass is 261 g/mol. The molecule has 1 atom stereocenters. The molecule has 0 aromatic carbocycles. The van der Waals surface area contributed by atoms with E-state index < -0.39 is 0 Å². The molecule has 18 heavy (non-hydrogen) atoms. The molecule has 0 saturated carbocycles. The van der Waals surface area contributed by atoms with Gasteiger partial charge in [0.05, 0.1) is 19.8 Å². The van der Waals surface area contributed by atoms with Gasteiger partial charge in [-0.05, 0) is 19.8 Å². The van der Waals surface area contributed by atoms with Crippen LogP contribution in [-0.2, 0) is 14.3 Å². The standard InChI is InChI=1S/C13H27NO4/c1-11(2)14(5-7-18-8-6-15)13(16)9-12(3)10-17-4/h11-12,15H,5-10H2,1-4H3. The SMILES string of the molecule is COCC(C)CC(=O)N(CCOCCO)C(C)C. The highest BCUT2D eigenvalue weighted by atomic mass is 16.5. The topological polar surface area (TPSA) is 59.0 Å². The van der Waals surface area contributed by atoms with Crippen LogP contribution in [0.5, 0.6) is 0 Å². The first-order chi connectivity index (χ1) is 8.52. The smallest absolute Gasteiger partial charge is 0.223 e. The number of ether oxygens (including phenoxy) is 2. The van der Waals surface area contributed by atoms with E-state index in [1.54, 1.807) is 7.11 Å². The molecule has 1 N–H and O–H groups in total. The zero-order chi connectivity index (χ0) is 14.0. The Bertz CT molecular complexity index is 221. The van der Waals surface area contributed by atoms with Crippen LogP contribution in [-0.4, -0.2) is 62.0 Å². The summed E-state index contributed by atoms with van der Waals surface area (Å²) in [5, 5.41) is 8.61. The van der Waals surface area contributed by atoms with Crippen molar-refractivity contribution in [2.75, 3.05) is 40.1 Å². The van der Waals surface area contributed by atoms with E-state index in [1.165, 1.54) is 0 Å². The van der Waals surface area contributed by atoms with Gasteiger partial charge in [0.25, 0.3) is 0 Å². The van der Waals surface area contributed by atoms with Crippen LogP contribution in [0.1, 0.15) is 27.2 Å². The van der Waals surface area contributed by atoms with Gasteiger partial charge < -0.3 is 19.5 Å². The molecule has 1 amide bonds. The zero-order valence-electron chi connectivity index (χ0n) is 12.0. The van der Waals surface area contributed by atoms with Gasteiger partial charge in [-0.25, -0.2) is 0 Å². The van der Waals surface area contributed by atoms with Crippen molar-refractivity contribution in [2.45, 2.75) is 33.2 Å². The predicted molar refractivity (Wildman–Crippen MR) is 70.4 cm³/mol. The Morgan fingerprint density at radius 3 is 2.44 bits per heavy atom. The van der Waals surface area contributed by atoms with Crippen molar-refractivity contribution in [2.24, 2.45) is 5.92 Å². The fraction of sp³-hybridized carbons (Fsp3) is 0.923. The molecular formula is C13H27NO4. The summed E-state index contributed by atoms with van der Waals surface area (Å²) in [5.74, 6) is 0.351. The number of aliphatic hydroxyl groups excluding tert-OH is 1. The van der Waals surface area contributed by atoms with Crippen LogP contribution >= 0.6 is 0 Å². The van der Waals surface area contributed by atoms with E-state index >= 15 is 0 Å². The van der Waals surface area contributed by atoms with E-state index in [9.17, 15) is 4.79 Å². The van der Waals surface area contributed by atoms with Crippen molar-refractivity contribution < 1.29 is 19.4 Å². The number of aliphatic hydroxyl groups is 1. The third-order valence-electron chi connectivity index (χ3n) is 2.63. The van der Waals surface area contributed by atoms with Crippen LogP contribution < -0.4 is 0 Å². The maximum atomic E-state index is 12.1. The molecule has 0 saturated heterocycles. The summed E-state index contributed by atoms with van der Waals surface area (Å²) in [5.41, 5.74) is 0. The van der Waals surface area contributed by atoms with Crippen molar-refractivity contribution in [3.8, 4) is 0 Å². The lowest BCUT2D eigenvalue weighted by atomic mass is 10.1. The lowest BCUT2D eigenvalue weighted by molar-refractivity contribution is -0.135. The quantitative estimate of drug-likeness (QED) is 0.594. The van der Waals surface area contributed by atoms with Crippen LogP contribution in [0.3, 0.4) is 0 Å². The molecule has 0 aliphatic carbocycles. The fourth-order valence-electron chi connectivity index (χ4n) is 1.76. The minimum absolute atomic E-state index is 0.0144. The van der Waals surface area contributed by atoms with Crippen LogP contribution in [0.15, 0.2) is 0 Å². The van der Waals surface area contributed by atoms with Crippen LogP contribution in [0.2, 0.25) is 0 Å². The highest BCUT2D eigenvalue weighted by molar-refractivity contribution is 5.76. The highest BCUT2D eigenvalue weighted by Crippen LogP contribution is 2.08. The molecule has 0 spiro atoms. The zero-order valence-corrected chi connectivity index (χ0v) is 12.0. The molecule has 1 unspecified atom stereocenters. The van der Waals surface area contributed by atoms with Gasteiger partial charge in [0, 0.05) is 32.7 Å². The van der Waals surface area contributed by atoms with Crippen molar-refractivity contribution in [3.63, 3.8) is 0 Å². The summed E-state index contributed by atoms with van der Waals surface area (Å²) >= 11 is 0. The van der Waals surface area contributed by atoms with Gasteiger partial charge in [-0.2, -0.15) is 0 Å². The van der Waals surface area contributed by atoms with Crippen molar-refractivity contribution in [1.29, 1.82) is 0 Å². The average Bonchev–Trinajstić information content (AvgIpc) is 2.28. The Labute approximate surface area is 110 Å². The molecule has 0 aromatic rings. The molecular weight excluding hydrogens is 234 g/mol. The number of methoxy groups -OCH3 is 1. The highest BCUT2D eigenvalue weighted by Gasteiger charge is 2.18. The summed E-state index contributed by atoms with van der Waals surface area (Å²) in [7, 11) is 1.64. The third kappa shape index (κ3) is 7.63. The van der Waals surface area contributed by atoms with Gasteiger partial charge in [0.2, 0.25) is 5.91 Å². The second kappa shape index (κ2) is 10.3. The molecule has 0 bridgehead atoms. The van der Waals surface area contributed by atoms with E-state index in [0.29, 0.717) is 32.8 Å². The van der Waals surface area contributed by atoms with Gasteiger partial charge in [0.15, 0.2) is 0 Å². The lowest BCUT2D eigenvalue weighted by Crippen LogP contribution is -2.40. The summed E-state index contributed by atoms with van der Waals surface area (Å²) in [6.07, 6.45) is 0.492. The first-order valence-electron chi connectivity index (χ1n) is 6.49. The molecule has 0 aliphatic rings. The lowest BCUT2D eigenvalue weighted by Gasteiger charge is -2.27. The van der Waals surface area contributed by atoms with Gasteiger partial charge in [0.1, 0.15) is 0 Å². The Hall–Kier alpha value is -0.650. The minimum atomic E-state index is 0.0144. The van der Waals surface area contributed by atoms with E-state index in [-0.39, 0.29) is 24.5 Å². The van der Waals surface area contributed by atoms with E-state index in [2.05, 4.69) is 0 Å². The predicted octanol–water partition coefficient (Wildman–Crippen LogP) is 0.905. The Morgan fingerprint density at radius 2 is 1.94 bits per heavy atom. The Balaban J connectivity index is 4.10. The van der Waals surface area contributed by atoms with Crippen LogP contribution in [0.25, 0.3) is 0 Å². The number of hydrogen-bond donors (Lipinski definition) is 1. The fourth-order valence-corrected chi connectivity index (χ4v) is 1.76. The second-order valence-corrected chi connectivity index (χ2v) is 4.78. The molecule has 0 fully saturated rings. The van der Waals surface area contributed by atoms with Gasteiger partial charge in [-0.3, -0.25) is 4.79 Å². The minimum Gasteiger partial charge on any atom is -0.394 e. The maximum Gasteiger partial charge on any atom is 0.223 e. The molecule has 0 radical (unpaired) electrons. The van der Waals surface area contributed by atoms with Crippen molar-refractivity contribution in [3.05, 3.63) is 0 Å².